The van der Waals surface area contributed by atoms with Crippen LogP contribution in [0.3, 0.4) is 0 Å². The predicted molar refractivity (Wildman–Crippen MR) is 69.0 cm³/mol. The molecule has 0 amide bonds. The van der Waals surface area contributed by atoms with E-state index in [4.69, 9.17) is 11.6 Å². The minimum atomic E-state index is -3.36. The van der Waals surface area contributed by atoms with Crippen molar-refractivity contribution < 1.29 is 8.42 Å². The Kier molecular flexibility index (Phi) is 4.07. The molecule has 94 valence electrons. The number of alkyl halides is 1. The number of aryl methyl sites for hydroxylation is 2. The molecule has 0 spiro atoms. The number of nitrogens with one attached hydrogen (secondary N) is 1. The summed E-state index contributed by atoms with van der Waals surface area (Å²) in [6, 6.07) is 5.41. The van der Waals surface area contributed by atoms with Crippen molar-refractivity contribution in [1.29, 1.82) is 0 Å². The lowest BCUT2D eigenvalue weighted by molar-refractivity contribution is 0.581. The van der Waals surface area contributed by atoms with Gasteiger partial charge in [-0.1, -0.05) is 6.07 Å². The third kappa shape index (κ3) is 3.00. The zero-order chi connectivity index (χ0) is 12.3. The Hall–Kier alpha value is -0.580. The van der Waals surface area contributed by atoms with Gasteiger partial charge in [0.05, 0.1) is 4.90 Å². The third-order valence-corrected chi connectivity index (χ3v) is 4.71. The fraction of sp³-hybridized carbons (Fsp3) is 0.500. The van der Waals surface area contributed by atoms with Crippen molar-refractivity contribution in [3.63, 3.8) is 0 Å². The maximum Gasteiger partial charge on any atom is 0.240 e. The van der Waals surface area contributed by atoms with Crippen LogP contribution in [0.5, 0.6) is 0 Å². The fourth-order valence-electron chi connectivity index (χ4n) is 2.07. The molecule has 0 aromatic heterocycles. The van der Waals surface area contributed by atoms with E-state index < -0.39 is 10.0 Å². The highest BCUT2D eigenvalue weighted by Crippen LogP contribution is 2.24. The number of hydrogen-bond donors (Lipinski definition) is 1. The monoisotopic (exact) mass is 273 g/mol. The first-order valence-electron chi connectivity index (χ1n) is 5.81. The van der Waals surface area contributed by atoms with Crippen molar-refractivity contribution in [3.05, 3.63) is 29.3 Å². The molecule has 0 heterocycles. The Morgan fingerprint density at radius 3 is 2.76 bits per heavy atom. The highest BCUT2D eigenvalue weighted by molar-refractivity contribution is 7.89. The van der Waals surface area contributed by atoms with Gasteiger partial charge in [-0.05, 0) is 48.9 Å². The first kappa shape index (κ1) is 12.9. The predicted octanol–water partition coefficient (Wildman–Crippen LogP) is 2.08. The molecule has 1 aliphatic rings. The third-order valence-electron chi connectivity index (χ3n) is 2.98. The molecule has 1 aliphatic carbocycles. The molecule has 0 saturated carbocycles. The van der Waals surface area contributed by atoms with Gasteiger partial charge in [0, 0.05) is 12.4 Å². The van der Waals surface area contributed by atoms with Gasteiger partial charge in [0.25, 0.3) is 0 Å². The zero-order valence-corrected chi connectivity index (χ0v) is 11.1. The molecule has 0 bridgehead atoms. The van der Waals surface area contributed by atoms with Crippen LogP contribution in [0.1, 0.15) is 24.0 Å². The number of hydrogen-bond acceptors (Lipinski definition) is 2. The van der Waals surface area contributed by atoms with Crippen LogP contribution in [0.4, 0.5) is 0 Å². The second-order valence-electron chi connectivity index (χ2n) is 4.22. The van der Waals surface area contributed by atoms with Gasteiger partial charge < -0.3 is 0 Å². The van der Waals surface area contributed by atoms with E-state index in [2.05, 4.69) is 4.72 Å². The number of sulfonamides is 1. The van der Waals surface area contributed by atoms with Crippen molar-refractivity contribution >= 4 is 21.6 Å². The minimum Gasteiger partial charge on any atom is -0.211 e. The first-order valence-corrected chi connectivity index (χ1v) is 7.83. The van der Waals surface area contributed by atoms with E-state index >= 15 is 0 Å². The molecule has 1 N–H and O–H groups in total. The van der Waals surface area contributed by atoms with Gasteiger partial charge in [0.15, 0.2) is 0 Å². The summed E-state index contributed by atoms with van der Waals surface area (Å²) in [4.78, 5) is 0.368. The topological polar surface area (TPSA) is 46.2 Å². The van der Waals surface area contributed by atoms with Crippen LogP contribution < -0.4 is 4.72 Å². The van der Waals surface area contributed by atoms with Crippen molar-refractivity contribution in [1.82, 2.24) is 4.72 Å². The van der Waals surface area contributed by atoms with Crippen LogP contribution in [-0.2, 0) is 22.9 Å². The lowest BCUT2D eigenvalue weighted by Crippen LogP contribution is -2.25. The van der Waals surface area contributed by atoms with Crippen LogP contribution in [0.2, 0.25) is 0 Å². The molecule has 5 heteroatoms. The van der Waals surface area contributed by atoms with Crippen molar-refractivity contribution in [2.24, 2.45) is 0 Å². The normalized spacial score (nSPS) is 14.9. The van der Waals surface area contributed by atoms with Crippen molar-refractivity contribution in [3.8, 4) is 0 Å². The summed E-state index contributed by atoms with van der Waals surface area (Å²) in [6.07, 6.45) is 3.82. The molecule has 0 fully saturated rings. The molecule has 1 aromatic rings. The number of rotatable bonds is 5. The van der Waals surface area contributed by atoms with Gasteiger partial charge in [-0.15, -0.1) is 11.6 Å². The van der Waals surface area contributed by atoms with Crippen LogP contribution >= 0.6 is 11.6 Å². The van der Waals surface area contributed by atoms with Gasteiger partial charge in [-0.2, -0.15) is 0 Å². The second kappa shape index (κ2) is 5.38. The van der Waals surface area contributed by atoms with Crippen molar-refractivity contribution in [2.45, 2.75) is 30.6 Å². The van der Waals surface area contributed by atoms with Crippen LogP contribution in [0.25, 0.3) is 0 Å². The zero-order valence-electron chi connectivity index (χ0n) is 9.58. The highest BCUT2D eigenvalue weighted by atomic mass is 35.5. The maximum absolute atomic E-state index is 12.0. The molecule has 1 aromatic carbocycles. The Labute approximate surface area is 107 Å². The molecule has 3 nitrogen and oxygen atoms in total. The Morgan fingerprint density at radius 2 is 2.00 bits per heavy atom. The van der Waals surface area contributed by atoms with E-state index in [-0.39, 0.29) is 0 Å². The molecule has 0 atom stereocenters. The number of fused-ring (bicyclic) bond motifs is 1. The number of benzene rings is 1. The number of halogens is 1. The standard InChI is InChI=1S/C12H16ClNO2S/c13-7-2-8-14-17(15,16)12-6-5-10-3-1-4-11(10)9-12/h5-6,9,14H,1-4,7-8H2. The van der Waals surface area contributed by atoms with Crippen LogP contribution in [0, 0.1) is 0 Å². The van der Waals surface area contributed by atoms with Crippen LogP contribution in [-0.4, -0.2) is 20.8 Å². The fourth-order valence-corrected chi connectivity index (χ4v) is 3.33. The summed E-state index contributed by atoms with van der Waals surface area (Å²) in [6.45, 7) is 0.392. The summed E-state index contributed by atoms with van der Waals surface area (Å²) < 4.78 is 26.5. The molecule has 17 heavy (non-hydrogen) atoms. The van der Waals surface area contributed by atoms with E-state index in [9.17, 15) is 8.42 Å². The molecule has 0 radical (unpaired) electrons. The summed E-state index contributed by atoms with van der Waals surface area (Å²) in [5, 5.41) is 0. The SMILES string of the molecule is O=S(=O)(NCCCCl)c1ccc2c(c1)CCC2. The van der Waals surface area contributed by atoms with E-state index in [1.807, 2.05) is 6.07 Å². The van der Waals surface area contributed by atoms with E-state index in [1.54, 1.807) is 12.1 Å². The van der Waals surface area contributed by atoms with Gasteiger partial charge in [0.2, 0.25) is 10.0 Å². The van der Waals surface area contributed by atoms with E-state index in [1.165, 1.54) is 11.1 Å². The van der Waals surface area contributed by atoms with E-state index in [0.29, 0.717) is 23.7 Å². The summed E-state index contributed by atoms with van der Waals surface area (Å²) >= 11 is 5.52. The Balaban J connectivity index is 2.16. The molecular weight excluding hydrogens is 258 g/mol. The second-order valence-corrected chi connectivity index (χ2v) is 6.37. The van der Waals surface area contributed by atoms with E-state index in [0.717, 1.165) is 19.3 Å². The van der Waals surface area contributed by atoms with Gasteiger partial charge in [-0.3, -0.25) is 0 Å². The average Bonchev–Trinajstić information content (AvgIpc) is 2.76. The van der Waals surface area contributed by atoms with Gasteiger partial charge in [0.1, 0.15) is 0 Å². The highest BCUT2D eigenvalue weighted by Gasteiger charge is 2.17. The van der Waals surface area contributed by atoms with Crippen LogP contribution in [0.15, 0.2) is 23.1 Å². The summed E-state index contributed by atoms with van der Waals surface area (Å²) in [5.41, 5.74) is 2.45. The molecule has 0 aliphatic heterocycles. The Bertz CT molecular complexity index is 499. The quantitative estimate of drug-likeness (QED) is 0.660. The summed E-state index contributed by atoms with van der Waals surface area (Å²) in [5.74, 6) is 0.465. The first-order chi connectivity index (χ1) is 8.13. The molecule has 2 rings (SSSR count). The van der Waals surface area contributed by atoms with Crippen molar-refractivity contribution in [2.75, 3.05) is 12.4 Å². The molecule has 0 unspecified atom stereocenters. The minimum absolute atomic E-state index is 0.368. The van der Waals surface area contributed by atoms with Gasteiger partial charge in [-0.25, -0.2) is 13.1 Å². The average molecular weight is 274 g/mol. The largest absolute Gasteiger partial charge is 0.240 e. The molecule has 0 saturated heterocycles. The van der Waals surface area contributed by atoms with Gasteiger partial charge >= 0.3 is 0 Å². The lowest BCUT2D eigenvalue weighted by Gasteiger charge is -2.07. The maximum atomic E-state index is 12.0. The smallest absolute Gasteiger partial charge is 0.211 e. The molecular formula is C12H16ClNO2S. The summed E-state index contributed by atoms with van der Waals surface area (Å²) in [7, 11) is -3.36. The lowest BCUT2D eigenvalue weighted by atomic mass is 10.1. The Morgan fingerprint density at radius 1 is 1.24 bits per heavy atom.